The summed E-state index contributed by atoms with van der Waals surface area (Å²) in [6.07, 6.45) is -9.07. The number of benzene rings is 1. The van der Waals surface area contributed by atoms with Gasteiger partial charge in [-0.2, -0.15) is 0 Å². The normalized spacial score (nSPS) is 43.1. The van der Waals surface area contributed by atoms with Gasteiger partial charge in [0, 0.05) is 64.1 Å². The van der Waals surface area contributed by atoms with E-state index in [2.05, 4.69) is 16.7 Å². The number of Topliss-reactive ketones (excluding diaryl/α,β-unsaturated/α-hetero) is 1. The predicted octanol–water partition coefficient (Wildman–Crippen LogP) is 2.64. The van der Waals surface area contributed by atoms with Crippen molar-refractivity contribution >= 4 is 17.7 Å². The largest absolute Gasteiger partial charge is 0.459 e. The van der Waals surface area contributed by atoms with Gasteiger partial charge >= 0.3 is 5.97 Å². The monoisotopic (exact) mass is 936 g/mol. The van der Waals surface area contributed by atoms with Crippen LogP contribution in [0.4, 0.5) is 0 Å². The van der Waals surface area contributed by atoms with Crippen LogP contribution in [0, 0.1) is 23.7 Å². The van der Waals surface area contributed by atoms with E-state index < -0.39 is 108 Å². The standard InChI is InChI=1S/C49H81N3O14/c1-14-36-49(10,59)41(55)28(4)38(53)26(2)23-48(9,61-13)43(29(5)40(30(6)45(58)64-36)65-37-24-47(8,60-12)42(56)31(7)63-37)66-46-39(54)35(21-27(3)62-46)52(11)20-19-50-44(57)34-22-32-17-15-16-18-33(32)25-51-34/h15-18,26-31,34-37,39-43,46,51,54-56,59H,14,19-25H2,1-13H3,(H,50,57)/t26-,27-,28+,29+,30-,31+,34+,35+,36-,37?,39-,40+,41-,42+,43-,46?,47-,48-,49-/m1/s1. The zero-order chi connectivity index (χ0) is 49.1. The minimum Gasteiger partial charge on any atom is -0.459 e. The van der Waals surface area contributed by atoms with Crippen LogP contribution in [-0.4, -0.2) is 168 Å². The fraction of sp³-hybridized carbons (Fsp3) is 0.816. The first kappa shape index (κ1) is 54.3. The van der Waals surface area contributed by atoms with Crippen molar-refractivity contribution in [1.82, 2.24) is 15.5 Å². The number of nitrogens with one attached hydrogen (secondary N) is 2. The summed E-state index contributed by atoms with van der Waals surface area (Å²) >= 11 is 0. The van der Waals surface area contributed by atoms with Crippen LogP contribution in [0.1, 0.15) is 106 Å². The Hall–Kier alpha value is -2.65. The second-order valence-corrected chi connectivity index (χ2v) is 20.3. The Bertz CT molecular complexity index is 1790. The Balaban J connectivity index is 1.46. The number of hydrogen-bond acceptors (Lipinski definition) is 16. The summed E-state index contributed by atoms with van der Waals surface area (Å²) in [5.74, 6) is -4.84. The molecule has 1 aromatic rings. The van der Waals surface area contributed by atoms with Gasteiger partial charge in [0.25, 0.3) is 0 Å². The predicted molar refractivity (Wildman–Crippen MR) is 244 cm³/mol. The van der Waals surface area contributed by atoms with E-state index in [1.165, 1.54) is 26.7 Å². The first-order valence-electron chi connectivity index (χ1n) is 23.9. The summed E-state index contributed by atoms with van der Waals surface area (Å²) in [7, 11) is 4.87. The third kappa shape index (κ3) is 11.8. The molecule has 4 aliphatic heterocycles. The van der Waals surface area contributed by atoms with E-state index in [4.69, 9.17) is 33.2 Å². The van der Waals surface area contributed by atoms with Gasteiger partial charge in [-0.25, -0.2) is 0 Å². The summed E-state index contributed by atoms with van der Waals surface area (Å²) < 4.78 is 44.6. The van der Waals surface area contributed by atoms with E-state index in [0.717, 1.165) is 5.56 Å². The van der Waals surface area contributed by atoms with Crippen molar-refractivity contribution in [2.24, 2.45) is 23.7 Å². The van der Waals surface area contributed by atoms with Gasteiger partial charge in [0.1, 0.15) is 29.7 Å². The molecule has 1 amide bonds. The third-order valence-corrected chi connectivity index (χ3v) is 15.3. The van der Waals surface area contributed by atoms with Gasteiger partial charge in [-0.15, -0.1) is 0 Å². The molecule has 66 heavy (non-hydrogen) atoms. The molecule has 0 radical (unpaired) electrons. The zero-order valence-electron chi connectivity index (χ0n) is 41.5. The zero-order valence-corrected chi connectivity index (χ0v) is 41.5. The first-order valence-corrected chi connectivity index (χ1v) is 23.9. The number of ether oxygens (including phenoxy) is 7. The molecule has 3 saturated heterocycles. The minimum absolute atomic E-state index is 0.0625. The maximum atomic E-state index is 14.4. The van der Waals surface area contributed by atoms with Crippen molar-refractivity contribution < 1.29 is 68.0 Å². The lowest BCUT2D eigenvalue weighted by molar-refractivity contribution is -0.319. The lowest BCUT2D eigenvalue weighted by atomic mass is 9.74. The van der Waals surface area contributed by atoms with Crippen LogP contribution in [0.15, 0.2) is 24.3 Å². The fourth-order valence-electron chi connectivity index (χ4n) is 10.8. The highest BCUT2D eigenvalue weighted by Crippen LogP contribution is 2.42. The Kier molecular flexibility index (Phi) is 18.4. The number of carbonyl (C=O) groups is 3. The third-order valence-electron chi connectivity index (χ3n) is 15.3. The SMILES string of the molecule is CC[C@H]1OC(=O)[C@H](C)[C@@H](OC2C[C@@](C)(OC)[C@@H](O)[C@H](C)O2)[C@H](C)[C@@H](OC2O[C@H](C)C[C@H](N(C)CCNC(=O)[C@@H]3Cc4ccccc4CN3)[C@H]2O)[C@](C)(OC)C[C@@H](C)C(=O)[C@H](C)[C@@H](O)[C@]1(C)O. The minimum atomic E-state index is -2.00. The number of methoxy groups -OCH3 is 2. The van der Waals surface area contributed by atoms with E-state index in [1.54, 1.807) is 48.5 Å². The molecule has 17 heteroatoms. The smallest absolute Gasteiger partial charge is 0.311 e. The maximum absolute atomic E-state index is 14.4. The number of rotatable bonds is 12. The number of nitrogens with zero attached hydrogens (tertiary/aromatic N) is 1. The molecule has 17 nitrogen and oxygen atoms in total. The van der Waals surface area contributed by atoms with E-state index in [1.807, 2.05) is 44.0 Å². The molecule has 19 atom stereocenters. The second-order valence-electron chi connectivity index (χ2n) is 20.3. The number of aliphatic hydroxyl groups is 4. The Morgan fingerprint density at radius 2 is 1.56 bits per heavy atom. The van der Waals surface area contributed by atoms with Gasteiger partial charge in [0.15, 0.2) is 12.6 Å². The lowest BCUT2D eigenvalue weighted by Crippen LogP contribution is -2.62. The average Bonchev–Trinajstić information content (AvgIpc) is 3.29. The van der Waals surface area contributed by atoms with Crippen LogP contribution >= 0.6 is 0 Å². The number of esters is 1. The molecule has 0 spiro atoms. The quantitative estimate of drug-likeness (QED) is 0.166. The number of amides is 1. The molecule has 0 bridgehead atoms. The molecular formula is C49H81N3O14. The van der Waals surface area contributed by atoms with Crippen LogP contribution in [-0.2, 0) is 60.5 Å². The molecule has 5 rings (SSSR count). The second kappa shape index (κ2) is 22.4. The van der Waals surface area contributed by atoms with Crippen molar-refractivity contribution in [3.63, 3.8) is 0 Å². The topological polar surface area (TPSA) is 224 Å². The number of hydrogen-bond donors (Lipinski definition) is 6. The van der Waals surface area contributed by atoms with E-state index >= 15 is 0 Å². The molecule has 376 valence electrons. The number of fused-ring (bicyclic) bond motifs is 1. The molecule has 2 unspecified atom stereocenters. The Morgan fingerprint density at radius 1 is 0.909 bits per heavy atom. The summed E-state index contributed by atoms with van der Waals surface area (Å²) in [6.45, 7) is 18.3. The molecule has 0 saturated carbocycles. The molecule has 1 aromatic carbocycles. The highest BCUT2D eigenvalue weighted by molar-refractivity contribution is 5.84. The fourth-order valence-corrected chi connectivity index (χ4v) is 10.8. The summed E-state index contributed by atoms with van der Waals surface area (Å²) in [5.41, 5.74) is -2.06. The molecule has 4 aliphatic rings. The van der Waals surface area contributed by atoms with Gasteiger partial charge in [-0.1, -0.05) is 52.0 Å². The number of aliphatic hydroxyl groups excluding tert-OH is 3. The van der Waals surface area contributed by atoms with Gasteiger partial charge < -0.3 is 64.2 Å². The van der Waals surface area contributed by atoms with Gasteiger partial charge in [-0.3, -0.25) is 19.3 Å². The summed E-state index contributed by atoms with van der Waals surface area (Å²) in [6, 6.07) is 7.26. The first-order chi connectivity index (χ1) is 30.9. The van der Waals surface area contributed by atoms with Crippen molar-refractivity contribution in [3.8, 4) is 0 Å². The average molecular weight is 936 g/mol. The number of ketones is 1. The molecule has 0 aliphatic carbocycles. The van der Waals surface area contributed by atoms with Crippen LogP contribution in [0.25, 0.3) is 0 Å². The van der Waals surface area contributed by atoms with E-state index in [-0.39, 0.29) is 43.1 Å². The van der Waals surface area contributed by atoms with Crippen molar-refractivity contribution in [1.29, 1.82) is 0 Å². The lowest BCUT2D eigenvalue weighted by Gasteiger charge is -2.50. The highest BCUT2D eigenvalue weighted by Gasteiger charge is 2.54. The summed E-state index contributed by atoms with van der Waals surface area (Å²) in [4.78, 5) is 43.9. The van der Waals surface area contributed by atoms with Crippen LogP contribution in [0.5, 0.6) is 0 Å². The van der Waals surface area contributed by atoms with Gasteiger partial charge in [0.05, 0.1) is 53.7 Å². The van der Waals surface area contributed by atoms with Gasteiger partial charge in [-0.05, 0) is 85.4 Å². The molecule has 3 fully saturated rings. The number of likely N-dealkylation sites (N-methyl/N-ethyl adjacent to an activating group) is 1. The Labute approximate surface area is 391 Å². The number of cyclic esters (lactones) is 1. The van der Waals surface area contributed by atoms with Crippen LogP contribution in [0.3, 0.4) is 0 Å². The molecule has 0 aromatic heterocycles. The maximum Gasteiger partial charge on any atom is 0.311 e. The molecular weight excluding hydrogens is 855 g/mol. The van der Waals surface area contributed by atoms with E-state index in [0.29, 0.717) is 32.5 Å². The van der Waals surface area contributed by atoms with Gasteiger partial charge in [0.2, 0.25) is 5.91 Å². The van der Waals surface area contributed by atoms with Crippen molar-refractivity contribution in [3.05, 3.63) is 35.4 Å². The molecule has 4 heterocycles. The Morgan fingerprint density at radius 3 is 2.20 bits per heavy atom. The van der Waals surface area contributed by atoms with Crippen LogP contribution in [0.2, 0.25) is 0 Å². The summed E-state index contributed by atoms with van der Waals surface area (Å²) in [5, 5.41) is 53.0. The van der Waals surface area contributed by atoms with Crippen molar-refractivity contribution in [2.45, 2.75) is 198 Å². The highest BCUT2D eigenvalue weighted by atomic mass is 16.7. The van der Waals surface area contributed by atoms with Crippen molar-refractivity contribution in [2.75, 3.05) is 34.4 Å². The number of carbonyl (C=O) groups excluding carboxylic acids is 3. The van der Waals surface area contributed by atoms with E-state index in [9.17, 15) is 34.8 Å². The van der Waals surface area contributed by atoms with Crippen LogP contribution < -0.4 is 10.6 Å². The molecule has 6 N–H and O–H groups in total.